The van der Waals surface area contributed by atoms with E-state index in [1.54, 1.807) is 7.05 Å². The molecular weight excluding hydrogens is 238 g/mol. The van der Waals surface area contributed by atoms with E-state index in [2.05, 4.69) is 9.97 Å². The average molecular weight is 251 g/mol. The lowest BCUT2D eigenvalue weighted by Crippen LogP contribution is -2.44. The molecule has 18 heavy (non-hydrogen) atoms. The van der Waals surface area contributed by atoms with Crippen LogP contribution in [0.2, 0.25) is 0 Å². The van der Waals surface area contributed by atoms with Gasteiger partial charge in [0.25, 0.3) is 5.91 Å². The molecule has 0 aromatic carbocycles. The van der Waals surface area contributed by atoms with Gasteiger partial charge >= 0.3 is 5.97 Å². The third-order valence-electron chi connectivity index (χ3n) is 2.97. The molecule has 7 nitrogen and oxygen atoms in total. The summed E-state index contributed by atoms with van der Waals surface area (Å²) in [5.74, 6) is -2.02. The van der Waals surface area contributed by atoms with Gasteiger partial charge in [0, 0.05) is 19.4 Å². The maximum atomic E-state index is 12.1. The van der Waals surface area contributed by atoms with E-state index in [-0.39, 0.29) is 24.8 Å². The minimum Gasteiger partial charge on any atom is -0.481 e. The van der Waals surface area contributed by atoms with Gasteiger partial charge in [0.1, 0.15) is 11.6 Å². The Kier molecular flexibility index (Phi) is 3.52. The fourth-order valence-electron chi connectivity index (χ4n) is 1.90. The second kappa shape index (κ2) is 5.09. The number of carboxylic acid groups (broad SMARTS) is 1. The number of hydrogen-bond acceptors (Lipinski definition) is 5. The van der Waals surface area contributed by atoms with Crippen LogP contribution in [0.1, 0.15) is 10.5 Å². The SMILES string of the molecule is CN(C(=O)c1cnccn1)C1COCC1C(=O)O. The number of likely N-dealkylation sites (N-methyl/N-ethyl adjacent to an activating group) is 1. The van der Waals surface area contributed by atoms with Crippen molar-refractivity contribution >= 4 is 11.9 Å². The van der Waals surface area contributed by atoms with E-state index < -0.39 is 17.9 Å². The maximum absolute atomic E-state index is 12.1. The minimum atomic E-state index is -0.962. The van der Waals surface area contributed by atoms with Gasteiger partial charge < -0.3 is 14.7 Å². The van der Waals surface area contributed by atoms with Crippen molar-refractivity contribution in [3.63, 3.8) is 0 Å². The summed E-state index contributed by atoms with van der Waals surface area (Å²) in [6.45, 7) is 0.345. The van der Waals surface area contributed by atoms with Crippen LogP contribution < -0.4 is 0 Å². The molecule has 2 rings (SSSR count). The molecule has 1 aromatic heterocycles. The second-order valence-electron chi connectivity index (χ2n) is 4.06. The number of carboxylic acids is 1. The molecule has 1 amide bonds. The monoisotopic (exact) mass is 251 g/mol. The lowest BCUT2D eigenvalue weighted by Gasteiger charge is -2.25. The fraction of sp³-hybridized carbons (Fsp3) is 0.455. The number of carbonyl (C=O) groups is 2. The maximum Gasteiger partial charge on any atom is 0.311 e. The van der Waals surface area contributed by atoms with Crippen molar-refractivity contribution in [2.45, 2.75) is 6.04 Å². The summed E-state index contributed by atoms with van der Waals surface area (Å²) >= 11 is 0. The summed E-state index contributed by atoms with van der Waals surface area (Å²) in [4.78, 5) is 32.2. The largest absolute Gasteiger partial charge is 0.481 e. The Morgan fingerprint density at radius 2 is 2.22 bits per heavy atom. The Balaban J connectivity index is 2.14. The molecule has 2 unspecified atom stereocenters. The van der Waals surface area contributed by atoms with Gasteiger partial charge in [0.2, 0.25) is 0 Å². The molecule has 2 heterocycles. The standard InChI is InChI=1S/C11H13N3O4/c1-14(9-6-18-5-7(9)11(16)17)10(15)8-4-12-2-3-13-8/h2-4,7,9H,5-6H2,1H3,(H,16,17). The van der Waals surface area contributed by atoms with E-state index in [1.165, 1.54) is 23.5 Å². The van der Waals surface area contributed by atoms with Crippen molar-refractivity contribution < 1.29 is 19.4 Å². The van der Waals surface area contributed by atoms with Gasteiger partial charge in [-0.1, -0.05) is 0 Å². The first kappa shape index (κ1) is 12.4. The summed E-state index contributed by atoms with van der Waals surface area (Å²) in [5, 5.41) is 9.04. The van der Waals surface area contributed by atoms with Crippen molar-refractivity contribution in [1.29, 1.82) is 0 Å². The van der Waals surface area contributed by atoms with Crippen LogP contribution in [0, 0.1) is 5.92 Å². The molecule has 96 valence electrons. The number of ether oxygens (including phenoxy) is 1. The van der Waals surface area contributed by atoms with Gasteiger partial charge in [0.15, 0.2) is 0 Å². The first-order valence-electron chi connectivity index (χ1n) is 5.45. The summed E-state index contributed by atoms with van der Waals surface area (Å²) in [7, 11) is 1.55. The number of aromatic nitrogens is 2. The van der Waals surface area contributed by atoms with Gasteiger partial charge in [0.05, 0.1) is 25.5 Å². The van der Waals surface area contributed by atoms with Crippen LogP contribution in [-0.4, -0.2) is 58.2 Å². The van der Waals surface area contributed by atoms with Crippen molar-refractivity contribution in [2.75, 3.05) is 20.3 Å². The topological polar surface area (TPSA) is 92.6 Å². The highest BCUT2D eigenvalue weighted by atomic mass is 16.5. The lowest BCUT2D eigenvalue weighted by molar-refractivity contribution is -0.142. The first-order chi connectivity index (χ1) is 8.61. The van der Waals surface area contributed by atoms with Crippen molar-refractivity contribution in [2.24, 2.45) is 5.92 Å². The van der Waals surface area contributed by atoms with Gasteiger partial charge in [-0.2, -0.15) is 0 Å². The van der Waals surface area contributed by atoms with E-state index in [1.807, 2.05) is 0 Å². The molecule has 7 heteroatoms. The summed E-state index contributed by atoms with van der Waals surface area (Å²) in [5.41, 5.74) is 0.191. The van der Waals surface area contributed by atoms with E-state index in [4.69, 9.17) is 9.84 Å². The summed E-state index contributed by atoms with van der Waals surface area (Å²) < 4.78 is 5.13. The Hall–Kier alpha value is -2.02. The molecule has 1 saturated heterocycles. The Labute approximate surface area is 103 Å². The van der Waals surface area contributed by atoms with E-state index >= 15 is 0 Å². The molecule has 1 aliphatic rings. The number of nitrogens with zero attached hydrogens (tertiary/aromatic N) is 3. The van der Waals surface area contributed by atoms with Crippen molar-refractivity contribution in [3.05, 3.63) is 24.3 Å². The van der Waals surface area contributed by atoms with E-state index in [0.717, 1.165) is 0 Å². The molecule has 0 saturated carbocycles. The molecule has 0 aliphatic carbocycles. The minimum absolute atomic E-state index is 0.123. The highest BCUT2D eigenvalue weighted by Gasteiger charge is 2.38. The Morgan fingerprint density at radius 1 is 1.44 bits per heavy atom. The average Bonchev–Trinajstić information content (AvgIpc) is 2.87. The van der Waals surface area contributed by atoms with Crippen LogP contribution in [0.5, 0.6) is 0 Å². The summed E-state index contributed by atoms with van der Waals surface area (Å²) in [6.07, 6.45) is 4.24. The zero-order chi connectivity index (χ0) is 13.1. The second-order valence-corrected chi connectivity index (χ2v) is 4.06. The third-order valence-corrected chi connectivity index (χ3v) is 2.97. The molecule has 1 N–H and O–H groups in total. The predicted molar refractivity (Wildman–Crippen MR) is 59.9 cm³/mol. The van der Waals surface area contributed by atoms with Crippen LogP contribution in [0.3, 0.4) is 0 Å². The number of hydrogen-bond donors (Lipinski definition) is 1. The molecule has 0 spiro atoms. The van der Waals surface area contributed by atoms with Crippen LogP contribution in [0.4, 0.5) is 0 Å². The van der Waals surface area contributed by atoms with Crippen molar-refractivity contribution in [3.8, 4) is 0 Å². The third kappa shape index (κ3) is 2.30. The van der Waals surface area contributed by atoms with Crippen LogP contribution >= 0.6 is 0 Å². The normalized spacial score (nSPS) is 22.7. The van der Waals surface area contributed by atoms with Gasteiger partial charge in [-0.25, -0.2) is 4.98 Å². The zero-order valence-corrected chi connectivity index (χ0v) is 9.81. The highest BCUT2D eigenvalue weighted by Crippen LogP contribution is 2.20. The van der Waals surface area contributed by atoms with Gasteiger partial charge in [-0.3, -0.25) is 14.6 Å². The lowest BCUT2D eigenvalue weighted by atomic mass is 10.0. The van der Waals surface area contributed by atoms with Crippen LogP contribution in [0.15, 0.2) is 18.6 Å². The molecule has 0 bridgehead atoms. The number of aliphatic carboxylic acids is 1. The van der Waals surface area contributed by atoms with Crippen LogP contribution in [-0.2, 0) is 9.53 Å². The predicted octanol–water partition coefficient (Wildman–Crippen LogP) is -0.352. The number of amides is 1. The van der Waals surface area contributed by atoms with Crippen LogP contribution in [0.25, 0.3) is 0 Å². The zero-order valence-electron chi connectivity index (χ0n) is 9.81. The molecular formula is C11H13N3O4. The summed E-state index contributed by atoms with van der Waals surface area (Å²) in [6, 6.07) is -0.475. The van der Waals surface area contributed by atoms with Crippen molar-refractivity contribution in [1.82, 2.24) is 14.9 Å². The highest BCUT2D eigenvalue weighted by molar-refractivity contribution is 5.92. The van der Waals surface area contributed by atoms with E-state index in [9.17, 15) is 9.59 Å². The molecule has 0 radical (unpaired) electrons. The Morgan fingerprint density at radius 3 is 2.83 bits per heavy atom. The van der Waals surface area contributed by atoms with Gasteiger partial charge in [-0.15, -0.1) is 0 Å². The first-order valence-corrected chi connectivity index (χ1v) is 5.45. The number of carbonyl (C=O) groups excluding carboxylic acids is 1. The molecule has 1 aromatic rings. The smallest absolute Gasteiger partial charge is 0.311 e. The molecule has 1 aliphatic heterocycles. The molecule has 2 atom stereocenters. The van der Waals surface area contributed by atoms with E-state index in [0.29, 0.717) is 0 Å². The van der Waals surface area contributed by atoms with Gasteiger partial charge in [-0.05, 0) is 0 Å². The molecule has 1 fully saturated rings. The quantitative estimate of drug-likeness (QED) is 0.789. The fourth-order valence-corrected chi connectivity index (χ4v) is 1.90. The number of rotatable bonds is 3. The Bertz CT molecular complexity index is 451.